The number of aromatic nitrogens is 1. The predicted molar refractivity (Wildman–Crippen MR) is 70.7 cm³/mol. The molecule has 0 saturated carbocycles. The van der Waals surface area contributed by atoms with E-state index in [9.17, 15) is 23.3 Å². The smallest absolute Gasteiger partial charge is 0.339 e. The van der Waals surface area contributed by atoms with Gasteiger partial charge in [-0.1, -0.05) is 0 Å². The Balaban J connectivity index is 2.79. The molecule has 0 fully saturated rings. The Morgan fingerprint density at radius 2 is 2.20 bits per heavy atom. The first-order valence-electron chi connectivity index (χ1n) is 5.50. The molecule has 110 valence electrons. The van der Waals surface area contributed by atoms with E-state index in [1.807, 2.05) is 0 Å². The summed E-state index contributed by atoms with van der Waals surface area (Å²) in [5.74, 6) is -1.43. The predicted octanol–water partition coefficient (Wildman–Crippen LogP) is 0.535. The van der Waals surface area contributed by atoms with Crippen molar-refractivity contribution in [1.29, 1.82) is 0 Å². The second-order valence-electron chi connectivity index (χ2n) is 4.06. The molecule has 1 aromatic heterocycles. The first-order valence-corrected chi connectivity index (χ1v) is 7.56. The lowest BCUT2D eigenvalue weighted by Crippen LogP contribution is -2.13. The maximum atomic E-state index is 11.0. The topological polar surface area (TPSA) is 140 Å². The van der Waals surface area contributed by atoms with Gasteiger partial charge in [0, 0.05) is 18.9 Å². The molecule has 0 saturated heterocycles. The van der Waals surface area contributed by atoms with Gasteiger partial charge >= 0.3 is 5.97 Å². The largest absolute Gasteiger partial charge is 0.478 e. The molecule has 0 spiro atoms. The molecule has 0 aliphatic rings. The van der Waals surface area contributed by atoms with Crippen LogP contribution in [0.25, 0.3) is 0 Å². The molecule has 9 nitrogen and oxygen atoms in total. The van der Waals surface area contributed by atoms with Crippen LogP contribution in [0.1, 0.15) is 16.8 Å². The number of carboxylic acid groups (broad SMARTS) is 1. The maximum absolute atomic E-state index is 11.0. The Morgan fingerprint density at radius 1 is 1.55 bits per heavy atom. The Kier molecular flexibility index (Phi) is 4.97. The van der Waals surface area contributed by atoms with E-state index in [4.69, 9.17) is 5.11 Å². The van der Waals surface area contributed by atoms with Crippen molar-refractivity contribution >= 4 is 27.3 Å². The van der Waals surface area contributed by atoms with Crippen molar-refractivity contribution in [3.8, 4) is 0 Å². The van der Waals surface area contributed by atoms with Crippen molar-refractivity contribution in [2.24, 2.45) is 0 Å². The number of hydrogen-bond acceptors (Lipinski definition) is 7. The monoisotopic (exact) mass is 303 g/mol. The zero-order valence-electron chi connectivity index (χ0n) is 10.6. The van der Waals surface area contributed by atoms with Crippen molar-refractivity contribution in [1.82, 2.24) is 4.98 Å². The molecule has 1 aromatic rings. The van der Waals surface area contributed by atoms with Crippen LogP contribution in [-0.2, 0) is 9.84 Å². The molecule has 2 N–H and O–H groups in total. The molecule has 0 bridgehead atoms. The molecule has 1 rings (SSSR count). The van der Waals surface area contributed by atoms with Crippen LogP contribution in [0.5, 0.6) is 0 Å². The normalized spacial score (nSPS) is 11.1. The van der Waals surface area contributed by atoms with Crippen LogP contribution in [0, 0.1) is 10.1 Å². The van der Waals surface area contributed by atoms with Gasteiger partial charge in [-0.15, -0.1) is 0 Å². The van der Waals surface area contributed by atoms with E-state index in [0.717, 1.165) is 18.5 Å². The summed E-state index contributed by atoms with van der Waals surface area (Å²) in [6.45, 7) is 0.193. The van der Waals surface area contributed by atoms with Crippen molar-refractivity contribution in [3.63, 3.8) is 0 Å². The summed E-state index contributed by atoms with van der Waals surface area (Å²) in [5.41, 5.74) is -0.761. The highest BCUT2D eigenvalue weighted by Gasteiger charge is 2.17. The fourth-order valence-corrected chi connectivity index (χ4v) is 2.07. The lowest BCUT2D eigenvalue weighted by molar-refractivity contribution is -0.385. The highest BCUT2D eigenvalue weighted by Crippen LogP contribution is 2.19. The summed E-state index contributed by atoms with van der Waals surface area (Å²) in [7, 11) is -3.09. The molecule has 0 aromatic carbocycles. The van der Waals surface area contributed by atoms with Crippen LogP contribution >= 0.6 is 0 Å². The minimum absolute atomic E-state index is 0.0309. The summed E-state index contributed by atoms with van der Waals surface area (Å²) < 4.78 is 21.8. The van der Waals surface area contributed by atoms with E-state index in [0.29, 0.717) is 0 Å². The zero-order chi connectivity index (χ0) is 15.3. The molecule has 0 atom stereocenters. The number of carbonyl (C=O) groups is 1. The number of nitrogens with one attached hydrogen (secondary N) is 1. The van der Waals surface area contributed by atoms with Gasteiger partial charge in [0.15, 0.2) is 0 Å². The van der Waals surface area contributed by atoms with Gasteiger partial charge in [0.1, 0.15) is 27.4 Å². The van der Waals surface area contributed by atoms with Gasteiger partial charge in [-0.05, 0) is 6.42 Å². The van der Waals surface area contributed by atoms with Crippen molar-refractivity contribution in [2.75, 3.05) is 23.9 Å². The van der Waals surface area contributed by atoms with Crippen LogP contribution < -0.4 is 5.32 Å². The third-order valence-electron chi connectivity index (χ3n) is 2.30. The third-order valence-corrected chi connectivity index (χ3v) is 3.33. The third kappa shape index (κ3) is 4.80. The van der Waals surface area contributed by atoms with Gasteiger partial charge in [-0.2, -0.15) is 0 Å². The van der Waals surface area contributed by atoms with Crippen LogP contribution in [0.4, 0.5) is 11.5 Å². The van der Waals surface area contributed by atoms with Gasteiger partial charge in [-0.25, -0.2) is 18.2 Å². The fraction of sp³-hybridized carbons (Fsp3) is 0.400. The van der Waals surface area contributed by atoms with E-state index < -0.39 is 26.4 Å². The molecule has 0 aliphatic heterocycles. The fourth-order valence-electron chi connectivity index (χ4n) is 1.40. The number of nitro groups is 1. The molecule has 20 heavy (non-hydrogen) atoms. The van der Waals surface area contributed by atoms with Crippen LogP contribution in [0.3, 0.4) is 0 Å². The molecule has 0 aliphatic carbocycles. The number of rotatable bonds is 7. The van der Waals surface area contributed by atoms with Gasteiger partial charge in [0.05, 0.1) is 10.7 Å². The molecule has 1 heterocycles. The highest BCUT2D eigenvalue weighted by molar-refractivity contribution is 7.90. The summed E-state index contributed by atoms with van der Waals surface area (Å²) in [6.07, 6.45) is 2.31. The van der Waals surface area contributed by atoms with E-state index >= 15 is 0 Å². The molecule has 0 radical (unpaired) electrons. The van der Waals surface area contributed by atoms with E-state index in [-0.39, 0.29) is 30.1 Å². The number of aromatic carboxylic acids is 1. The standard InChI is InChI=1S/C10H13N3O6S/c1-20(18,19)4-2-3-11-9-8(10(14)15)5-7(6-12-9)13(16)17/h5-6H,2-4H2,1H3,(H,11,12)(H,14,15). The average molecular weight is 303 g/mol. The lowest BCUT2D eigenvalue weighted by atomic mass is 10.2. The number of carboxylic acids is 1. The Morgan fingerprint density at radius 3 is 2.70 bits per heavy atom. The van der Waals surface area contributed by atoms with Gasteiger partial charge in [0.2, 0.25) is 0 Å². The summed E-state index contributed by atoms with van der Waals surface area (Å²) in [4.78, 5) is 24.5. The number of sulfone groups is 1. The minimum Gasteiger partial charge on any atom is -0.478 e. The van der Waals surface area contributed by atoms with Gasteiger partial charge in [-0.3, -0.25) is 10.1 Å². The van der Waals surface area contributed by atoms with Gasteiger partial charge < -0.3 is 10.4 Å². The Hall–Kier alpha value is -2.23. The average Bonchev–Trinajstić information content (AvgIpc) is 2.33. The summed E-state index contributed by atoms with van der Waals surface area (Å²) in [5, 5.41) is 22.2. The van der Waals surface area contributed by atoms with Crippen molar-refractivity contribution in [3.05, 3.63) is 27.9 Å². The molecule has 10 heteroatoms. The van der Waals surface area contributed by atoms with Gasteiger partial charge in [0.25, 0.3) is 5.69 Å². The molecule has 0 amide bonds. The van der Waals surface area contributed by atoms with Crippen molar-refractivity contribution < 1.29 is 23.2 Å². The molecular formula is C10H13N3O6S. The Labute approximate surface area is 114 Å². The van der Waals surface area contributed by atoms with Crippen LogP contribution in [0.15, 0.2) is 12.3 Å². The summed E-state index contributed by atoms with van der Waals surface area (Å²) in [6, 6.07) is 0.897. The Bertz CT molecular complexity index is 628. The number of nitrogens with zero attached hydrogens (tertiary/aromatic N) is 2. The first kappa shape index (κ1) is 15.8. The number of hydrogen-bond donors (Lipinski definition) is 2. The number of pyridine rings is 1. The first-order chi connectivity index (χ1) is 9.20. The number of anilines is 1. The SMILES string of the molecule is CS(=O)(=O)CCCNc1ncc([N+](=O)[O-])cc1C(=O)O. The zero-order valence-corrected chi connectivity index (χ0v) is 11.4. The van der Waals surface area contributed by atoms with Crippen LogP contribution in [-0.4, -0.2) is 48.0 Å². The second-order valence-corrected chi connectivity index (χ2v) is 6.32. The maximum Gasteiger partial charge on any atom is 0.339 e. The molecule has 0 unspecified atom stereocenters. The van der Waals surface area contributed by atoms with E-state index in [1.54, 1.807) is 0 Å². The van der Waals surface area contributed by atoms with E-state index in [1.165, 1.54) is 0 Å². The quantitative estimate of drug-likeness (QED) is 0.422. The van der Waals surface area contributed by atoms with Crippen molar-refractivity contribution in [2.45, 2.75) is 6.42 Å². The van der Waals surface area contributed by atoms with Crippen LogP contribution in [0.2, 0.25) is 0 Å². The lowest BCUT2D eigenvalue weighted by Gasteiger charge is -2.07. The van der Waals surface area contributed by atoms with E-state index in [2.05, 4.69) is 10.3 Å². The second kappa shape index (κ2) is 6.28. The molecular weight excluding hydrogens is 290 g/mol. The highest BCUT2D eigenvalue weighted by atomic mass is 32.2. The minimum atomic E-state index is -3.09. The summed E-state index contributed by atoms with van der Waals surface area (Å²) >= 11 is 0.